The Kier molecular flexibility index (Phi) is 6.08. The first-order valence-corrected chi connectivity index (χ1v) is 8.47. The van der Waals surface area contributed by atoms with Crippen LogP contribution >= 0.6 is 10.7 Å². The molecule has 1 unspecified atom stereocenters. The van der Waals surface area contributed by atoms with Crippen LogP contribution in [0.5, 0.6) is 0 Å². The molecular weight excluding hydrogens is 248 g/mol. The summed E-state index contributed by atoms with van der Waals surface area (Å²) in [5, 5.41) is 0. The minimum absolute atomic E-state index is 0.0517. The summed E-state index contributed by atoms with van der Waals surface area (Å²) in [5.41, 5.74) is 0. The zero-order chi connectivity index (χ0) is 12.0. The molecule has 0 amide bonds. The molecule has 5 heteroatoms. The van der Waals surface area contributed by atoms with Crippen molar-refractivity contribution in [2.75, 3.05) is 19.0 Å². The van der Waals surface area contributed by atoms with Gasteiger partial charge in [0, 0.05) is 23.9 Å². The summed E-state index contributed by atoms with van der Waals surface area (Å²) in [6.07, 6.45) is 5.40. The summed E-state index contributed by atoms with van der Waals surface area (Å²) < 4.78 is 26.8. The minimum Gasteiger partial charge on any atom is -0.381 e. The molecule has 0 spiro atoms. The van der Waals surface area contributed by atoms with Crippen molar-refractivity contribution in [3.05, 3.63) is 0 Å². The van der Waals surface area contributed by atoms with E-state index in [0.717, 1.165) is 18.9 Å². The first-order valence-electron chi connectivity index (χ1n) is 5.99. The molecule has 96 valence electrons. The van der Waals surface area contributed by atoms with Crippen LogP contribution in [0.4, 0.5) is 0 Å². The number of ether oxygens (including phenoxy) is 1. The number of rotatable bonds is 8. The van der Waals surface area contributed by atoms with Gasteiger partial charge in [-0.2, -0.15) is 0 Å². The van der Waals surface area contributed by atoms with Crippen molar-refractivity contribution < 1.29 is 13.2 Å². The van der Waals surface area contributed by atoms with Gasteiger partial charge in [0.1, 0.15) is 0 Å². The van der Waals surface area contributed by atoms with Gasteiger partial charge in [0.25, 0.3) is 0 Å². The Hall–Kier alpha value is 0.200. The summed E-state index contributed by atoms with van der Waals surface area (Å²) in [4.78, 5) is 0. The third kappa shape index (κ3) is 6.06. The molecule has 3 nitrogen and oxygen atoms in total. The Morgan fingerprint density at radius 2 is 2.06 bits per heavy atom. The Labute approximate surface area is 103 Å². The van der Waals surface area contributed by atoms with Gasteiger partial charge in [0.15, 0.2) is 0 Å². The highest BCUT2D eigenvalue weighted by molar-refractivity contribution is 8.13. The quantitative estimate of drug-likeness (QED) is 0.502. The molecule has 0 saturated heterocycles. The highest BCUT2D eigenvalue weighted by Gasteiger charge is 2.23. The van der Waals surface area contributed by atoms with Crippen molar-refractivity contribution in [3.63, 3.8) is 0 Å². The third-order valence-corrected chi connectivity index (χ3v) is 4.50. The largest absolute Gasteiger partial charge is 0.381 e. The number of halogens is 1. The first-order chi connectivity index (χ1) is 7.49. The molecule has 1 rings (SSSR count). The van der Waals surface area contributed by atoms with Crippen LogP contribution in [0.3, 0.4) is 0 Å². The fourth-order valence-corrected chi connectivity index (χ4v) is 2.77. The maximum atomic E-state index is 10.6. The van der Waals surface area contributed by atoms with Crippen molar-refractivity contribution in [1.82, 2.24) is 0 Å². The van der Waals surface area contributed by atoms with Crippen molar-refractivity contribution in [1.29, 1.82) is 0 Å². The molecule has 0 aromatic rings. The van der Waals surface area contributed by atoms with Gasteiger partial charge in [-0.15, -0.1) is 0 Å². The van der Waals surface area contributed by atoms with E-state index in [0.29, 0.717) is 18.9 Å². The predicted octanol–water partition coefficient (Wildman–Crippen LogP) is 2.79. The van der Waals surface area contributed by atoms with Gasteiger partial charge in [0.05, 0.1) is 5.75 Å². The van der Waals surface area contributed by atoms with Crippen molar-refractivity contribution in [3.8, 4) is 0 Å². The molecule has 0 bridgehead atoms. The van der Waals surface area contributed by atoms with Crippen LogP contribution in [-0.4, -0.2) is 27.4 Å². The van der Waals surface area contributed by atoms with Gasteiger partial charge in [0.2, 0.25) is 9.05 Å². The fourth-order valence-electron chi connectivity index (χ4n) is 1.89. The fraction of sp³-hybridized carbons (Fsp3) is 1.00. The lowest BCUT2D eigenvalue weighted by Crippen LogP contribution is -2.23. The van der Waals surface area contributed by atoms with E-state index in [1.165, 1.54) is 19.3 Å². The molecule has 1 fully saturated rings. The van der Waals surface area contributed by atoms with Gasteiger partial charge in [-0.05, 0) is 24.7 Å². The molecular formula is C11H21ClO3S. The zero-order valence-corrected chi connectivity index (χ0v) is 11.4. The normalized spacial score (nSPS) is 19.4. The predicted molar refractivity (Wildman–Crippen MR) is 66.2 cm³/mol. The molecule has 0 aromatic heterocycles. The summed E-state index contributed by atoms with van der Waals surface area (Å²) in [6.45, 7) is 3.68. The molecule has 1 aliphatic rings. The Morgan fingerprint density at radius 3 is 2.56 bits per heavy atom. The molecule has 0 heterocycles. The van der Waals surface area contributed by atoms with E-state index in [1.807, 2.05) is 0 Å². The molecule has 0 radical (unpaired) electrons. The second-order valence-corrected chi connectivity index (χ2v) is 7.59. The third-order valence-electron chi connectivity index (χ3n) is 3.26. The maximum Gasteiger partial charge on any atom is 0.232 e. The second kappa shape index (κ2) is 6.82. The second-order valence-electron chi connectivity index (χ2n) is 4.69. The lowest BCUT2D eigenvalue weighted by atomic mass is 9.77. The lowest BCUT2D eigenvalue weighted by molar-refractivity contribution is 0.0621. The summed E-state index contributed by atoms with van der Waals surface area (Å²) in [7, 11) is 1.78. The molecule has 1 atom stereocenters. The number of hydrogen-bond acceptors (Lipinski definition) is 3. The highest BCUT2D eigenvalue weighted by atomic mass is 35.7. The zero-order valence-electron chi connectivity index (χ0n) is 9.82. The van der Waals surface area contributed by atoms with Gasteiger partial charge in [-0.25, -0.2) is 8.42 Å². The summed E-state index contributed by atoms with van der Waals surface area (Å²) >= 11 is 0. The molecule has 16 heavy (non-hydrogen) atoms. The lowest BCUT2D eigenvalue weighted by Gasteiger charge is -2.31. The number of unbranched alkanes of at least 4 members (excludes halogenated alkanes) is 1. The van der Waals surface area contributed by atoms with Gasteiger partial charge >= 0.3 is 0 Å². The minimum atomic E-state index is -3.32. The Morgan fingerprint density at radius 1 is 1.38 bits per heavy atom. The average Bonchev–Trinajstić information content (AvgIpc) is 2.06. The summed E-state index contributed by atoms with van der Waals surface area (Å²) in [6, 6.07) is 0. The van der Waals surface area contributed by atoms with E-state index in [-0.39, 0.29) is 5.75 Å². The standard InChI is InChI=1S/C11H21ClO3S/c1-10(11-5-4-6-11)9-15-7-2-3-8-16(12,13)14/h10-11H,2-9H2,1H3. The molecule has 1 saturated carbocycles. The molecule has 0 N–H and O–H groups in total. The van der Waals surface area contributed by atoms with E-state index < -0.39 is 9.05 Å². The SMILES string of the molecule is CC(COCCCCS(=O)(=O)Cl)C1CCC1. The van der Waals surface area contributed by atoms with Crippen molar-refractivity contribution in [2.45, 2.75) is 39.0 Å². The van der Waals surface area contributed by atoms with Crippen LogP contribution < -0.4 is 0 Å². The highest BCUT2D eigenvalue weighted by Crippen LogP contribution is 2.33. The van der Waals surface area contributed by atoms with Gasteiger partial charge in [-0.3, -0.25) is 0 Å². The van der Waals surface area contributed by atoms with Crippen LogP contribution in [-0.2, 0) is 13.8 Å². The van der Waals surface area contributed by atoms with Gasteiger partial charge in [-0.1, -0.05) is 26.2 Å². The van der Waals surface area contributed by atoms with Crippen LogP contribution in [0, 0.1) is 11.8 Å². The van der Waals surface area contributed by atoms with Crippen molar-refractivity contribution >= 4 is 19.7 Å². The topological polar surface area (TPSA) is 43.4 Å². The van der Waals surface area contributed by atoms with E-state index in [4.69, 9.17) is 15.4 Å². The van der Waals surface area contributed by atoms with Crippen LogP contribution in [0.2, 0.25) is 0 Å². The smallest absolute Gasteiger partial charge is 0.232 e. The Bertz CT molecular complexity index is 286. The van der Waals surface area contributed by atoms with Crippen LogP contribution in [0.25, 0.3) is 0 Å². The van der Waals surface area contributed by atoms with E-state index in [2.05, 4.69) is 6.92 Å². The maximum absolute atomic E-state index is 10.6. The monoisotopic (exact) mass is 268 g/mol. The van der Waals surface area contributed by atoms with Gasteiger partial charge < -0.3 is 4.74 Å². The van der Waals surface area contributed by atoms with Crippen LogP contribution in [0.1, 0.15) is 39.0 Å². The summed E-state index contributed by atoms with van der Waals surface area (Å²) in [5.74, 6) is 1.55. The molecule has 0 aromatic carbocycles. The van der Waals surface area contributed by atoms with Crippen LogP contribution in [0.15, 0.2) is 0 Å². The van der Waals surface area contributed by atoms with E-state index in [9.17, 15) is 8.42 Å². The molecule has 1 aliphatic carbocycles. The van der Waals surface area contributed by atoms with E-state index in [1.54, 1.807) is 0 Å². The van der Waals surface area contributed by atoms with E-state index >= 15 is 0 Å². The molecule has 0 aliphatic heterocycles. The first kappa shape index (κ1) is 14.3. The van der Waals surface area contributed by atoms with Crippen molar-refractivity contribution in [2.24, 2.45) is 11.8 Å². The Balaban J connectivity index is 1.91. The number of hydrogen-bond donors (Lipinski definition) is 0. The average molecular weight is 269 g/mol.